The van der Waals surface area contributed by atoms with Crippen LogP contribution in [-0.4, -0.2) is 35.2 Å². The first-order chi connectivity index (χ1) is 7.60. The zero-order valence-corrected chi connectivity index (χ0v) is 11.4. The minimum Gasteiger partial charge on any atom is -0.392 e. The van der Waals surface area contributed by atoms with E-state index in [0.29, 0.717) is 12.1 Å². The third-order valence-electron chi connectivity index (χ3n) is 4.59. The van der Waals surface area contributed by atoms with Crippen molar-refractivity contribution >= 4 is 0 Å². The lowest BCUT2D eigenvalue weighted by molar-refractivity contribution is 0.0328. The van der Waals surface area contributed by atoms with Crippen molar-refractivity contribution in [1.82, 2.24) is 4.90 Å². The van der Waals surface area contributed by atoms with Crippen LogP contribution in [0.15, 0.2) is 0 Å². The van der Waals surface area contributed by atoms with Gasteiger partial charge in [0, 0.05) is 12.1 Å². The number of hydrogen-bond acceptors (Lipinski definition) is 2. The number of rotatable bonds is 5. The number of aliphatic hydroxyl groups is 1. The molecule has 0 aromatic rings. The summed E-state index contributed by atoms with van der Waals surface area (Å²) in [6, 6.07) is 0.993. The minimum absolute atomic E-state index is 0.172. The van der Waals surface area contributed by atoms with Crippen molar-refractivity contribution in [3.8, 4) is 0 Å². The van der Waals surface area contributed by atoms with Gasteiger partial charge >= 0.3 is 0 Å². The van der Waals surface area contributed by atoms with Gasteiger partial charge in [-0.3, -0.25) is 4.90 Å². The summed E-state index contributed by atoms with van der Waals surface area (Å²) in [6.07, 6.45) is 7.40. The Hall–Kier alpha value is -0.0800. The molecule has 1 N–H and O–H groups in total. The Balaban J connectivity index is 2.40. The van der Waals surface area contributed by atoms with E-state index in [1.54, 1.807) is 0 Å². The van der Waals surface area contributed by atoms with Crippen molar-refractivity contribution < 1.29 is 5.11 Å². The van der Waals surface area contributed by atoms with E-state index in [2.05, 4.69) is 32.7 Å². The molecule has 1 aliphatic carbocycles. The average Bonchev–Trinajstić information content (AvgIpc) is 2.36. The lowest BCUT2D eigenvalue weighted by atomic mass is 9.83. The molecule has 2 unspecified atom stereocenters. The molecule has 0 amide bonds. The zero-order valence-electron chi connectivity index (χ0n) is 11.4. The van der Waals surface area contributed by atoms with Crippen molar-refractivity contribution in [2.24, 2.45) is 5.92 Å². The second-order valence-corrected chi connectivity index (χ2v) is 5.46. The second-order valence-electron chi connectivity index (χ2n) is 5.46. The van der Waals surface area contributed by atoms with Gasteiger partial charge in [0.2, 0.25) is 0 Å². The molecule has 0 saturated heterocycles. The van der Waals surface area contributed by atoms with E-state index >= 15 is 0 Å². The molecule has 96 valence electrons. The number of hydrogen-bond donors (Lipinski definition) is 1. The molecule has 0 aliphatic heterocycles. The van der Waals surface area contributed by atoms with Crippen LogP contribution in [-0.2, 0) is 0 Å². The van der Waals surface area contributed by atoms with Crippen molar-refractivity contribution in [3.05, 3.63) is 0 Å². The smallest absolute Gasteiger partial charge is 0.0690 e. The molecule has 0 spiro atoms. The second kappa shape index (κ2) is 6.61. The van der Waals surface area contributed by atoms with Gasteiger partial charge in [0.1, 0.15) is 0 Å². The van der Waals surface area contributed by atoms with E-state index in [-0.39, 0.29) is 6.10 Å². The van der Waals surface area contributed by atoms with Crippen LogP contribution in [0.5, 0.6) is 0 Å². The van der Waals surface area contributed by atoms with Gasteiger partial charge < -0.3 is 5.11 Å². The van der Waals surface area contributed by atoms with Crippen molar-refractivity contribution in [3.63, 3.8) is 0 Å². The lowest BCUT2D eigenvalue weighted by Crippen LogP contribution is -2.46. The maximum atomic E-state index is 9.88. The third kappa shape index (κ3) is 3.46. The topological polar surface area (TPSA) is 23.5 Å². The van der Waals surface area contributed by atoms with Gasteiger partial charge in [-0.2, -0.15) is 0 Å². The Labute approximate surface area is 101 Å². The van der Waals surface area contributed by atoms with Crippen molar-refractivity contribution in [2.45, 2.75) is 77.5 Å². The SMILES string of the molecule is CCC1CCC(N(C)C(C)C(O)CC)CC1. The molecule has 1 aliphatic rings. The van der Waals surface area contributed by atoms with E-state index < -0.39 is 0 Å². The summed E-state index contributed by atoms with van der Waals surface area (Å²) in [7, 11) is 2.18. The molecule has 1 saturated carbocycles. The van der Waals surface area contributed by atoms with E-state index in [0.717, 1.165) is 12.3 Å². The normalized spacial score (nSPS) is 30.4. The van der Waals surface area contributed by atoms with Gasteiger partial charge in [-0.15, -0.1) is 0 Å². The Morgan fingerprint density at radius 2 is 1.75 bits per heavy atom. The van der Waals surface area contributed by atoms with E-state index in [4.69, 9.17) is 0 Å². The summed E-state index contributed by atoms with van der Waals surface area (Å²) in [6.45, 7) is 6.52. The maximum Gasteiger partial charge on any atom is 0.0690 e. The Kier molecular flexibility index (Phi) is 5.77. The highest BCUT2D eigenvalue weighted by atomic mass is 16.3. The minimum atomic E-state index is -0.172. The van der Waals surface area contributed by atoms with Crippen LogP contribution in [0.3, 0.4) is 0 Å². The number of likely N-dealkylation sites (N-methyl/N-ethyl adjacent to an activating group) is 1. The van der Waals surface area contributed by atoms with Crippen LogP contribution in [0.2, 0.25) is 0 Å². The Morgan fingerprint density at radius 1 is 1.19 bits per heavy atom. The van der Waals surface area contributed by atoms with Gasteiger partial charge in [-0.1, -0.05) is 20.3 Å². The highest BCUT2D eigenvalue weighted by Gasteiger charge is 2.27. The van der Waals surface area contributed by atoms with Gasteiger partial charge in [0.25, 0.3) is 0 Å². The van der Waals surface area contributed by atoms with Crippen LogP contribution >= 0.6 is 0 Å². The van der Waals surface area contributed by atoms with Crippen LogP contribution < -0.4 is 0 Å². The first-order valence-electron chi connectivity index (χ1n) is 7.00. The largest absolute Gasteiger partial charge is 0.392 e. The Bertz CT molecular complexity index is 187. The first-order valence-corrected chi connectivity index (χ1v) is 7.00. The third-order valence-corrected chi connectivity index (χ3v) is 4.59. The van der Waals surface area contributed by atoms with Gasteiger partial charge in [-0.25, -0.2) is 0 Å². The molecule has 0 radical (unpaired) electrons. The summed E-state index contributed by atoms with van der Waals surface area (Å²) in [5.41, 5.74) is 0. The van der Waals surface area contributed by atoms with Crippen LogP contribution in [0.1, 0.15) is 59.3 Å². The number of nitrogens with zero attached hydrogens (tertiary/aromatic N) is 1. The lowest BCUT2D eigenvalue weighted by Gasteiger charge is -2.39. The maximum absolute atomic E-state index is 9.88. The summed E-state index contributed by atoms with van der Waals surface area (Å²) in [5.74, 6) is 0.955. The summed E-state index contributed by atoms with van der Waals surface area (Å²) < 4.78 is 0. The Morgan fingerprint density at radius 3 is 2.19 bits per heavy atom. The molecule has 2 heteroatoms. The van der Waals surface area contributed by atoms with Gasteiger partial charge in [-0.05, 0) is 52.0 Å². The van der Waals surface area contributed by atoms with E-state index in [1.807, 2.05) is 0 Å². The fourth-order valence-corrected chi connectivity index (χ4v) is 2.91. The van der Waals surface area contributed by atoms with Crippen LogP contribution in [0.25, 0.3) is 0 Å². The number of aliphatic hydroxyl groups excluding tert-OH is 1. The first kappa shape index (κ1) is 14.0. The monoisotopic (exact) mass is 227 g/mol. The molecule has 2 atom stereocenters. The van der Waals surface area contributed by atoms with Crippen LogP contribution in [0, 0.1) is 5.92 Å². The molecular formula is C14H29NO. The van der Waals surface area contributed by atoms with Crippen LogP contribution in [0.4, 0.5) is 0 Å². The van der Waals surface area contributed by atoms with E-state index in [1.165, 1.54) is 32.1 Å². The van der Waals surface area contributed by atoms with Crippen molar-refractivity contribution in [2.75, 3.05) is 7.05 Å². The molecule has 0 bridgehead atoms. The fraction of sp³-hybridized carbons (Fsp3) is 1.00. The zero-order chi connectivity index (χ0) is 12.1. The fourth-order valence-electron chi connectivity index (χ4n) is 2.91. The molecule has 2 nitrogen and oxygen atoms in total. The van der Waals surface area contributed by atoms with Crippen molar-refractivity contribution in [1.29, 1.82) is 0 Å². The predicted octanol–water partition coefficient (Wildman–Crippen LogP) is 3.05. The predicted molar refractivity (Wildman–Crippen MR) is 69.6 cm³/mol. The summed E-state index contributed by atoms with van der Waals surface area (Å²) in [4.78, 5) is 2.40. The van der Waals surface area contributed by atoms with Gasteiger partial charge in [0.15, 0.2) is 0 Å². The molecule has 1 rings (SSSR count). The molecular weight excluding hydrogens is 198 g/mol. The molecule has 1 fully saturated rings. The summed E-state index contributed by atoms with van der Waals surface area (Å²) >= 11 is 0. The van der Waals surface area contributed by atoms with E-state index in [9.17, 15) is 5.11 Å². The molecule has 16 heavy (non-hydrogen) atoms. The quantitative estimate of drug-likeness (QED) is 0.780. The molecule has 0 heterocycles. The average molecular weight is 227 g/mol. The molecule has 0 aromatic heterocycles. The standard InChI is InChI=1S/C14H29NO/c1-5-12-7-9-13(10-8-12)15(4)11(3)14(16)6-2/h11-14,16H,5-10H2,1-4H3. The molecule has 0 aromatic carbocycles. The highest BCUT2D eigenvalue weighted by molar-refractivity contribution is 4.82. The summed E-state index contributed by atoms with van der Waals surface area (Å²) in [5, 5.41) is 9.88. The van der Waals surface area contributed by atoms with Gasteiger partial charge in [0.05, 0.1) is 6.10 Å². The highest BCUT2D eigenvalue weighted by Crippen LogP contribution is 2.30.